The normalized spacial score (nSPS) is 18.0. The van der Waals surface area contributed by atoms with Crippen LogP contribution in [-0.2, 0) is 4.74 Å². The molecular formula is C23H30O7S. The van der Waals surface area contributed by atoms with E-state index in [-0.39, 0.29) is 25.4 Å². The molecule has 1 saturated heterocycles. The molecule has 2 unspecified atom stereocenters. The predicted molar refractivity (Wildman–Crippen MR) is 119 cm³/mol. The maximum atomic E-state index is 9.11. The lowest BCUT2D eigenvalue weighted by molar-refractivity contribution is 0.0435. The molecule has 8 heteroatoms. The standard InChI is InChI=1S/C23H30O7S/c1-25-18-10-14(11-19(26-2)22(18)28-4)16-6-7-17(30-16)15-12-20(27-3)23(29-9-8-24)21(13-15)31-5/h10-13,16-17,24H,6-9H2,1-5H3. The van der Waals surface area contributed by atoms with Gasteiger partial charge in [0, 0.05) is 0 Å². The van der Waals surface area contributed by atoms with Crippen molar-refractivity contribution in [3.05, 3.63) is 35.4 Å². The highest BCUT2D eigenvalue weighted by molar-refractivity contribution is 7.98. The Morgan fingerprint density at radius 3 is 1.81 bits per heavy atom. The number of hydrogen-bond acceptors (Lipinski definition) is 8. The summed E-state index contributed by atoms with van der Waals surface area (Å²) in [6.07, 6.45) is 3.56. The number of thioether (sulfide) groups is 1. The SMILES string of the molecule is COc1cc(C2CCC(c3cc(OC)c(OCCO)c(SC)c3)O2)cc(OC)c1OC. The molecule has 0 aromatic heterocycles. The van der Waals surface area contributed by atoms with Gasteiger partial charge in [-0.25, -0.2) is 0 Å². The van der Waals surface area contributed by atoms with Crippen molar-refractivity contribution in [1.82, 2.24) is 0 Å². The molecule has 0 radical (unpaired) electrons. The van der Waals surface area contributed by atoms with Gasteiger partial charge in [-0.15, -0.1) is 11.8 Å². The molecule has 2 aromatic carbocycles. The number of methoxy groups -OCH3 is 4. The average Bonchev–Trinajstić information content (AvgIpc) is 3.31. The molecule has 1 aliphatic rings. The summed E-state index contributed by atoms with van der Waals surface area (Å²) in [5.41, 5.74) is 2.02. The van der Waals surface area contributed by atoms with Crippen molar-refractivity contribution in [2.45, 2.75) is 29.9 Å². The minimum Gasteiger partial charge on any atom is -0.493 e. The van der Waals surface area contributed by atoms with Gasteiger partial charge in [0.15, 0.2) is 23.0 Å². The van der Waals surface area contributed by atoms with Gasteiger partial charge < -0.3 is 33.5 Å². The molecule has 0 bridgehead atoms. The van der Waals surface area contributed by atoms with E-state index < -0.39 is 0 Å². The van der Waals surface area contributed by atoms with E-state index in [2.05, 4.69) is 6.07 Å². The Morgan fingerprint density at radius 1 is 0.839 bits per heavy atom. The fourth-order valence-electron chi connectivity index (χ4n) is 3.79. The molecular weight excluding hydrogens is 420 g/mol. The number of aliphatic hydroxyl groups excluding tert-OH is 1. The van der Waals surface area contributed by atoms with Crippen LogP contribution in [0.25, 0.3) is 0 Å². The Hall–Kier alpha value is -2.29. The largest absolute Gasteiger partial charge is 0.493 e. The zero-order valence-electron chi connectivity index (χ0n) is 18.6. The van der Waals surface area contributed by atoms with Gasteiger partial charge in [0.05, 0.1) is 52.1 Å². The zero-order chi connectivity index (χ0) is 22.4. The number of benzene rings is 2. The molecule has 31 heavy (non-hydrogen) atoms. The third-order valence-electron chi connectivity index (χ3n) is 5.27. The van der Waals surface area contributed by atoms with Crippen LogP contribution in [0.3, 0.4) is 0 Å². The van der Waals surface area contributed by atoms with Crippen LogP contribution in [-0.4, -0.2) is 53.0 Å². The topological polar surface area (TPSA) is 75.6 Å². The molecule has 1 heterocycles. The second kappa shape index (κ2) is 10.8. The highest BCUT2D eigenvalue weighted by Crippen LogP contribution is 2.48. The first-order valence-electron chi connectivity index (χ1n) is 10.0. The first-order chi connectivity index (χ1) is 15.1. The minimum absolute atomic E-state index is 0.0546. The predicted octanol–water partition coefficient (Wildman–Crippen LogP) is 4.41. The van der Waals surface area contributed by atoms with Gasteiger partial charge in [0.1, 0.15) is 6.61 Å². The van der Waals surface area contributed by atoms with Gasteiger partial charge in [-0.05, 0) is 54.5 Å². The van der Waals surface area contributed by atoms with E-state index in [9.17, 15) is 0 Å². The molecule has 0 amide bonds. The van der Waals surface area contributed by atoms with Gasteiger partial charge in [0.2, 0.25) is 5.75 Å². The molecule has 3 rings (SSSR count). The summed E-state index contributed by atoms with van der Waals surface area (Å²) >= 11 is 1.57. The lowest BCUT2D eigenvalue weighted by atomic mass is 10.0. The summed E-state index contributed by atoms with van der Waals surface area (Å²) in [7, 11) is 6.42. The van der Waals surface area contributed by atoms with Crippen LogP contribution in [0.5, 0.6) is 28.7 Å². The van der Waals surface area contributed by atoms with Crippen LogP contribution >= 0.6 is 11.8 Å². The Bertz CT molecular complexity index is 836. The lowest BCUT2D eigenvalue weighted by Crippen LogP contribution is -2.06. The summed E-state index contributed by atoms with van der Waals surface area (Å²) in [6, 6.07) is 7.90. The number of aliphatic hydroxyl groups is 1. The van der Waals surface area contributed by atoms with E-state index in [0.717, 1.165) is 28.9 Å². The highest BCUT2D eigenvalue weighted by atomic mass is 32.2. The molecule has 1 fully saturated rings. The van der Waals surface area contributed by atoms with E-state index in [0.29, 0.717) is 28.7 Å². The third-order valence-corrected chi connectivity index (χ3v) is 6.01. The van der Waals surface area contributed by atoms with Crippen molar-refractivity contribution in [2.24, 2.45) is 0 Å². The second-order valence-corrected chi connectivity index (χ2v) is 7.82. The molecule has 2 aromatic rings. The van der Waals surface area contributed by atoms with Gasteiger partial charge in [-0.1, -0.05) is 0 Å². The molecule has 7 nitrogen and oxygen atoms in total. The third kappa shape index (κ3) is 4.97. The second-order valence-electron chi connectivity index (χ2n) is 6.98. The molecule has 1 N–H and O–H groups in total. The summed E-state index contributed by atoms with van der Waals surface area (Å²) in [4.78, 5) is 0.947. The Morgan fingerprint density at radius 2 is 1.35 bits per heavy atom. The van der Waals surface area contributed by atoms with Crippen molar-refractivity contribution < 1.29 is 33.5 Å². The van der Waals surface area contributed by atoms with Crippen LogP contribution in [0, 0.1) is 0 Å². The van der Waals surface area contributed by atoms with E-state index in [4.69, 9.17) is 33.5 Å². The molecule has 0 aliphatic carbocycles. The van der Waals surface area contributed by atoms with Crippen LogP contribution in [0.1, 0.15) is 36.2 Å². The maximum absolute atomic E-state index is 9.11. The fourth-order valence-corrected chi connectivity index (χ4v) is 4.39. The Labute approximate surface area is 187 Å². The van der Waals surface area contributed by atoms with Crippen LogP contribution in [0.15, 0.2) is 29.2 Å². The zero-order valence-corrected chi connectivity index (χ0v) is 19.4. The monoisotopic (exact) mass is 450 g/mol. The van der Waals surface area contributed by atoms with Gasteiger partial charge in [0.25, 0.3) is 0 Å². The quantitative estimate of drug-likeness (QED) is 0.534. The van der Waals surface area contributed by atoms with E-state index in [1.165, 1.54) is 0 Å². The smallest absolute Gasteiger partial charge is 0.203 e. The van der Waals surface area contributed by atoms with Crippen LogP contribution in [0.2, 0.25) is 0 Å². The lowest BCUT2D eigenvalue weighted by Gasteiger charge is -2.20. The Kier molecular flexibility index (Phi) is 8.17. The molecule has 0 spiro atoms. The molecule has 170 valence electrons. The van der Waals surface area contributed by atoms with Crippen LogP contribution in [0.4, 0.5) is 0 Å². The maximum Gasteiger partial charge on any atom is 0.203 e. The number of rotatable bonds is 10. The Balaban J connectivity index is 1.87. The van der Waals surface area contributed by atoms with Gasteiger partial charge in [-0.2, -0.15) is 0 Å². The van der Waals surface area contributed by atoms with E-state index in [1.807, 2.05) is 24.5 Å². The van der Waals surface area contributed by atoms with Crippen molar-refractivity contribution in [1.29, 1.82) is 0 Å². The number of ether oxygens (including phenoxy) is 6. The average molecular weight is 451 g/mol. The molecule has 2 atom stereocenters. The van der Waals surface area contributed by atoms with Gasteiger partial charge >= 0.3 is 0 Å². The number of hydrogen-bond donors (Lipinski definition) is 1. The summed E-state index contributed by atoms with van der Waals surface area (Å²) in [5, 5.41) is 9.11. The van der Waals surface area contributed by atoms with Crippen molar-refractivity contribution in [3.8, 4) is 28.7 Å². The fraction of sp³-hybridized carbons (Fsp3) is 0.478. The first-order valence-corrected chi connectivity index (χ1v) is 11.3. The molecule has 1 aliphatic heterocycles. The first kappa shape index (κ1) is 23.4. The summed E-state index contributed by atoms with van der Waals surface area (Å²) in [6.45, 7) is 0.160. The molecule has 0 saturated carbocycles. The summed E-state index contributed by atoms with van der Waals surface area (Å²) < 4.78 is 34.1. The van der Waals surface area contributed by atoms with E-state index in [1.54, 1.807) is 40.2 Å². The highest BCUT2D eigenvalue weighted by Gasteiger charge is 2.30. The summed E-state index contributed by atoms with van der Waals surface area (Å²) in [5.74, 6) is 3.07. The van der Waals surface area contributed by atoms with E-state index >= 15 is 0 Å². The van der Waals surface area contributed by atoms with Crippen molar-refractivity contribution in [3.63, 3.8) is 0 Å². The van der Waals surface area contributed by atoms with Crippen LogP contribution < -0.4 is 23.7 Å². The van der Waals surface area contributed by atoms with Crippen molar-refractivity contribution >= 4 is 11.8 Å². The minimum atomic E-state index is -0.0900. The van der Waals surface area contributed by atoms with Crippen molar-refractivity contribution in [2.75, 3.05) is 47.9 Å². The van der Waals surface area contributed by atoms with Gasteiger partial charge in [-0.3, -0.25) is 0 Å².